The molecule has 1 aromatic carbocycles. The van der Waals surface area contributed by atoms with Crippen molar-refractivity contribution in [2.75, 3.05) is 13.7 Å². The maximum absolute atomic E-state index is 13.4. The summed E-state index contributed by atoms with van der Waals surface area (Å²) in [5, 5.41) is 0. The van der Waals surface area contributed by atoms with Gasteiger partial charge in [0.25, 0.3) is 0 Å². The molecule has 0 aliphatic carbocycles. The molecule has 0 aromatic heterocycles. The molecule has 15 heavy (non-hydrogen) atoms. The normalized spacial score (nSPS) is 9.87. The van der Waals surface area contributed by atoms with E-state index in [1.807, 2.05) is 0 Å². The average molecular weight is 277 g/mol. The Labute approximate surface area is 95.3 Å². The second-order valence-electron chi connectivity index (χ2n) is 2.69. The highest BCUT2D eigenvalue weighted by Gasteiger charge is 2.16. The van der Waals surface area contributed by atoms with Crippen LogP contribution >= 0.6 is 15.9 Å². The van der Waals surface area contributed by atoms with Crippen LogP contribution in [0.25, 0.3) is 0 Å². The molecule has 0 fully saturated rings. The van der Waals surface area contributed by atoms with Gasteiger partial charge >= 0.3 is 5.97 Å². The summed E-state index contributed by atoms with van der Waals surface area (Å²) in [4.78, 5) is 11.3. The van der Waals surface area contributed by atoms with Crippen molar-refractivity contribution in [2.45, 2.75) is 6.92 Å². The third kappa shape index (κ3) is 2.68. The SMILES string of the molecule is CCOC(=O)c1cc(Br)c(OC)cc1F. The van der Waals surface area contributed by atoms with Crippen LogP contribution in [0.5, 0.6) is 5.75 Å². The maximum Gasteiger partial charge on any atom is 0.341 e. The number of carbonyl (C=O) groups is 1. The van der Waals surface area contributed by atoms with E-state index in [1.165, 1.54) is 13.2 Å². The molecule has 0 saturated heterocycles. The molecule has 5 heteroatoms. The number of benzene rings is 1. The molecule has 0 N–H and O–H groups in total. The number of carbonyl (C=O) groups excluding carboxylic acids is 1. The first-order chi connectivity index (χ1) is 7.10. The largest absolute Gasteiger partial charge is 0.495 e. The molecule has 3 nitrogen and oxygen atoms in total. The van der Waals surface area contributed by atoms with Crippen molar-refractivity contribution in [3.05, 3.63) is 28.0 Å². The van der Waals surface area contributed by atoms with Gasteiger partial charge in [-0.3, -0.25) is 0 Å². The summed E-state index contributed by atoms with van der Waals surface area (Å²) < 4.78 is 23.5. The molecule has 0 amide bonds. The molecule has 1 rings (SSSR count). The second kappa shape index (κ2) is 5.11. The topological polar surface area (TPSA) is 35.5 Å². The van der Waals surface area contributed by atoms with Gasteiger partial charge in [-0.2, -0.15) is 0 Å². The van der Waals surface area contributed by atoms with Gasteiger partial charge in [-0.25, -0.2) is 9.18 Å². The number of halogens is 2. The summed E-state index contributed by atoms with van der Waals surface area (Å²) in [5.41, 5.74) is -0.107. The summed E-state index contributed by atoms with van der Waals surface area (Å²) >= 11 is 3.16. The fourth-order valence-electron chi connectivity index (χ4n) is 1.05. The van der Waals surface area contributed by atoms with Crippen LogP contribution in [0.15, 0.2) is 16.6 Å². The van der Waals surface area contributed by atoms with Crippen LogP contribution in [0.2, 0.25) is 0 Å². The van der Waals surface area contributed by atoms with Crippen molar-refractivity contribution in [1.29, 1.82) is 0 Å². The zero-order valence-corrected chi connectivity index (χ0v) is 9.93. The van der Waals surface area contributed by atoms with Crippen LogP contribution in [0, 0.1) is 5.82 Å². The summed E-state index contributed by atoms with van der Waals surface area (Å²) in [7, 11) is 1.42. The smallest absolute Gasteiger partial charge is 0.341 e. The van der Waals surface area contributed by atoms with Crippen molar-refractivity contribution in [3.8, 4) is 5.75 Å². The van der Waals surface area contributed by atoms with Crippen LogP contribution in [-0.2, 0) is 4.74 Å². The minimum Gasteiger partial charge on any atom is -0.495 e. The molecular formula is C10H10BrFO3. The van der Waals surface area contributed by atoms with Crippen LogP contribution < -0.4 is 4.74 Å². The minimum atomic E-state index is -0.682. The molecule has 82 valence electrons. The molecule has 0 aliphatic heterocycles. The quantitative estimate of drug-likeness (QED) is 0.797. The predicted octanol–water partition coefficient (Wildman–Crippen LogP) is 2.77. The zero-order chi connectivity index (χ0) is 11.4. The van der Waals surface area contributed by atoms with Crippen molar-refractivity contribution in [1.82, 2.24) is 0 Å². The Hall–Kier alpha value is -1.10. The van der Waals surface area contributed by atoms with Crippen molar-refractivity contribution < 1.29 is 18.7 Å². The van der Waals surface area contributed by atoms with Crippen molar-refractivity contribution in [2.24, 2.45) is 0 Å². The number of hydrogen-bond acceptors (Lipinski definition) is 3. The Morgan fingerprint density at radius 3 is 2.73 bits per heavy atom. The highest BCUT2D eigenvalue weighted by atomic mass is 79.9. The summed E-state index contributed by atoms with van der Waals surface area (Å²) in [5.74, 6) is -1.01. The standard InChI is InChI=1S/C10H10BrFO3/c1-3-15-10(13)6-4-7(11)9(14-2)5-8(6)12/h4-5H,3H2,1-2H3. The molecule has 0 spiro atoms. The fourth-order valence-corrected chi connectivity index (χ4v) is 1.56. The van der Waals surface area contributed by atoms with E-state index in [-0.39, 0.29) is 12.2 Å². The fraction of sp³-hybridized carbons (Fsp3) is 0.300. The van der Waals surface area contributed by atoms with Crippen LogP contribution in [-0.4, -0.2) is 19.7 Å². The van der Waals surface area contributed by atoms with Gasteiger partial charge in [0, 0.05) is 6.07 Å². The highest BCUT2D eigenvalue weighted by Crippen LogP contribution is 2.28. The van der Waals surface area contributed by atoms with Gasteiger partial charge < -0.3 is 9.47 Å². The number of rotatable bonds is 3. The van der Waals surface area contributed by atoms with Gasteiger partial charge in [-0.05, 0) is 28.9 Å². The molecule has 0 radical (unpaired) electrons. The Morgan fingerprint density at radius 2 is 2.20 bits per heavy atom. The van der Waals surface area contributed by atoms with Gasteiger partial charge in [0.05, 0.1) is 23.8 Å². The lowest BCUT2D eigenvalue weighted by atomic mass is 10.2. The van der Waals surface area contributed by atoms with E-state index < -0.39 is 11.8 Å². The Balaban J connectivity index is 3.10. The molecule has 0 saturated carbocycles. The Bertz CT molecular complexity index is 379. The molecule has 0 unspecified atom stereocenters. The highest BCUT2D eigenvalue weighted by molar-refractivity contribution is 9.10. The van der Waals surface area contributed by atoms with Gasteiger partial charge in [-0.1, -0.05) is 0 Å². The first-order valence-electron chi connectivity index (χ1n) is 4.30. The number of ether oxygens (including phenoxy) is 2. The van der Waals surface area contributed by atoms with Crippen LogP contribution in [0.4, 0.5) is 4.39 Å². The van der Waals surface area contributed by atoms with E-state index in [2.05, 4.69) is 15.9 Å². The summed E-state index contributed by atoms with van der Waals surface area (Å²) in [6.07, 6.45) is 0. The molecule has 0 bridgehead atoms. The van der Waals surface area contributed by atoms with Gasteiger partial charge in [-0.15, -0.1) is 0 Å². The Kier molecular flexibility index (Phi) is 4.08. The van der Waals surface area contributed by atoms with E-state index >= 15 is 0 Å². The lowest BCUT2D eigenvalue weighted by Crippen LogP contribution is -2.07. The molecule has 1 aromatic rings. The molecule has 0 atom stereocenters. The molecule has 0 aliphatic rings. The number of methoxy groups -OCH3 is 1. The first-order valence-corrected chi connectivity index (χ1v) is 5.09. The summed E-state index contributed by atoms with van der Waals surface area (Å²) in [6, 6.07) is 2.47. The van der Waals surface area contributed by atoms with E-state index in [9.17, 15) is 9.18 Å². The number of esters is 1. The van der Waals surface area contributed by atoms with Crippen molar-refractivity contribution >= 4 is 21.9 Å². The van der Waals surface area contributed by atoms with Crippen LogP contribution in [0.3, 0.4) is 0 Å². The van der Waals surface area contributed by atoms with Gasteiger partial charge in [0.1, 0.15) is 11.6 Å². The van der Waals surface area contributed by atoms with Gasteiger partial charge in [0.15, 0.2) is 0 Å². The van der Waals surface area contributed by atoms with Crippen LogP contribution in [0.1, 0.15) is 17.3 Å². The lowest BCUT2D eigenvalue weighted by molar-refractivity contribution is 0.0521. The van der Waals surface area contributed by atoms with E-state index in [1.54, 1.807) is 6.92 Å². The maximum atomic E-state index is 13.4. The van der Waals surface area contributed by atoms with E-state index in [0.717, 1.165) is 6.07 Å². The van der Waals surface area contributed by atoms with Crippen molar-refractivity contribution in [3.63, 3.8) is 0 Å². The summed E-state index contributed by atoms with van der Waals surface area (Å²) in [6.45, 7) is 1.87. The third-order valence-electron chi connectivity index (χ3n) is 1.74. The van der Waals surface area contributed by atoms with E-state index in [4.69, 9.17) is 9.47 Å². The van der Waals surface area contributed by atoms with Gasteiger partial charge in [0.2, 0.25) is 0 Å². The van der Waals surface area contributed by atoms with E-state index in [0.29, 0.717) is 10.2 Å². The zero-order valence-electron chi connectivity index (χ0n) is 8.34. The first kappa shape index (κ1) is 12.0. The number of hydrogen-bond donors (Lipinski definition) is 0. The average Bonchev–Trinajstić information content (AvgIpc) is 2.21. The Morgan fingerprint density at radius 1 is 1.53 bits per heavy atom. The third-order valence-corrected chi connectivity index (χ3v) is 2.36. The monoisotopic (exact) mass is 276 g/mol. The minimum absolute atomic E-state index is 0.107. The predicted molar refractivity (Wildman–Crippen MR) is 56.6 cm³/mol. The lowest BCUT2D eigenvalue weighted by Gasteiger charge is -2.07. The second-order valence-corrected chi connectivity index (χ2v) is 3.54. The molecule has 0 heterocycles. The molecular weight excluding hydrogens is 267 g/mol.